The molecule has 0 saturated heterocycles. The van der Waals surface area contributed by atoms with Gasteiger partial charge < -0.3 is 14.6 Å². The molecule has 1 rings (SSSR count). The summed E-state index contributed by atoms with van der Waals surface area (Å²) in [6.07, 6.45) is 0. The van der Waals surface area contributed by atoms with Crippen LogP contribution in [0.5, 0.6) is 17.2 Å². The minimum Gasteiger partial charge on any atom is -0.504 e. The van der Waals surface area contributed by atoms with Crippen molar-refractivity contribution < 1.29 is 23.8 Å². The first kappa shape index (κ1) is 11.5. The highest BCUT2D eigenvalue weighted by atomic mass is 19.1. The fourth-order valence-corrected chi connectivity index (χ4v) is 1.24. The van der Waals surface area contributed by atoms with Crippen molar-refractivity contribution in [1.82, 2.24) is 0 Å². The van der Waals surface area contributed by atoms with Crippen LogP contribution in [0.2, 0.25) is 0 Å². The van der Waals surface area contributed by atoms with Crippen LogP contribution in [0, 0.1) is 5.82 Å². The highest BCUT2D eigenvalue weighted by Gasteiger charge is 2.19. The van der Waals surface area contributed by atoms with E-state index in [4.69, 9.17) is 15.4 Å². The SMILES string of the molecule is COc1cc(F)c(O)c(CON)c1OC. The molecule has 6 heteroatoms. The van der Waals surface area contributed by atoms with E-state index >= 15 is 0 Å². The fourth-order valence-electron chi connectivity index (χ4n) is 1.24. The minimum absolute atomic E-state index is 0.108. The molecule has 0 bridgehead atoms. The summed E-state index contributed by atoms with van der Waals surface area (Å²) in [5.74, 6) is 3.85. The molecule has 0 radical (unpaired) electrons. The maximum Gasteiger partial charge on any atom is 0.170 e. The van der Waals surface area contributed by atoms with E-state index in [9.17, 15) is 9.50 Å². The molecule has 3 N–H and O–H groups in total. The Morgan fingerprint density at radius 1 is 1.40 bits per heavy atom. The van der Waals surface area contributed by atoms with Gasteiger partial charge in [0, 0.05) is 6.07 Å². The smallest absolute Gasteiger partial charge is 0.170 e. The summed E-state index contributed by atoms with van der Waals surface area (Å²) in [4.78, 5) is 4.34. The zero-order chi connectivity index (χ0) is 11.4. The summed E-state index contributed by atoms with van der Waals surface area (Å²) in [6, 6.07) is 1.02. The van der Waals surface area contributed by atoms with Crippen LogP contribution in [0.1, 0.15) is 5.56 Å². The van der Waals surface area contributed by atoms with Crippen LogP contribution in [-0.2, 0) is 11.4 Å². The third-order valence-electron chi connectivity index (χ3n) is 1.92. The molecule has 0 atom stereocenters. The quantitative estimate of drug-likeness (QED) is 0.734. The molecule has 0 heterocycles. The van der Waals surface area contributed by atoms with Crippen LogP contribution >= 0.6 is 0 Å². The molecule has 0 unspecified atom stereocenters. The summed E-state index contributed by atoms with van der Waals surface area (Å²) >= 11 is 0. The number of ether oxygens (including phenoxy) is 2. The van der Waals surface area contributed by atoms with Crippen molar-refractivity contribution in [3.8, 4) is 17.2 Å². The normalized spacial score (nSPS) is 10.1. The van der Waals surface area contributed by atoms with Crippen LogP contribution in [0.3, 0.4) is 0 Å². The van der Waals surface area contributed by atoms with Gasteiger partial charge in [0.2, 0.25) is 0 Å². The summed E-state index contributed by atoms with van der Waals surface area (Å²) < 4.78 is 23.0. The van der Waals surface area contributed by atoms with Gasteiger partial charge in [-0.05, 0) is 0 Å². The fraction of sp³-hybridized carbons (Fsp3) is 0.333. The van der Waals surface area contributed by atoms with Gasteiger partial charge in [-0.15, -0.1) is 0 Å². The van der Waals surface area contributed by atoms with Crippen molar-refractivity contribution in [3.63, 3.8) is 0 Å². The van der Waals surface area contributed by atoms with E-state index in [1.807, 2.05) is 0 Å². The largest absolute Gasteiger partial charge is 0.504 e. The van der Waals surface area contributed by atoms with Crippen molar-refractivity contribution >= 4 is 0 Å². The Kier molecular flexibility index (Phi) is 3.70. The number of benzene rings is 1. The summed E-state index contributed by atoms with van der Waals surface area (Å²) in [5.41, 5.74) is 0.108. The molecule has 0 aliphatic heterocycles. The number of phenolic OH excluding ortho intramolecular Hbond substituents is 1. The lowest BCUT2D eigenvalue weighted by molar-refractivity contribution is 0.119. The van der Waals surface area contributed by atoms with E-state index in [-0.39, 0.29) is 23.7 Å². The third-order valence-corrected chi connectivity index (χ3v) is 1.92. The lowest BCUT2D eigenvalue weighted by atomic mass is 10.1. The molecule has 0 spiro atoms. The molecular weight excluding hydrogens is 205 g/mol. The van der Waals surface area contributed by atoms with Crippen LogP contribution in [0.25, 0.3) is 0 Å². The second kappa shape index (κ2) is 4.81. The van der Waals surface area contributed by atoms with Gasteiger partial charge >= 0.3 is 0 Å². The Morgan fingerprint density at radius 2 is 2.07 bits per heavy atom. The Hall–Kier alpha value is -1.53. The van der Waals surface area contributed by atoms with Gasteiger partial charge in [-0.1, -0.05) is 0 Å². The van der Waals surface area contributed by atoms with Crippen LogP contribution in [0.4, 0.5) is 4.39 Å². The van der Waals surface area contributed by atoms with E-state index in [1.165, 1.54) is 14.2 Å². The first-order chi connectivity index (χ1) is 7.15. The molecule has 1 aromatic carbocycles. The average molecular weight is 217 g/mol. The Labute approximate surface area is 86.1 Å². The zero-order valence-corrected chi connectivity index (χ0v) is 8.41. The number of aromatic hydroxyl groups is 1. The van der Waals surface area contributed by atoms with Gasteiger partial charge in [0.1, 0.15) is 6.61 Å². The highest BCUT2D eigenvalue weighted by molar-refractivity contribution is 5.53. The molecule has 0 aliphatic rings. The van der Waals surface area contributed by atoms with E-state index in [1.54, 1.807) is 0 Å². The molecule has 1 aromatic rings. The Bertz CT molecular complexity index is 356. The molecule has 0 amide bonds. The van der Waals surface area contributed by atoms with E-state index < -0.39 is 11.6 Å². The molecule has 0 saturated carbocycles. The highest BCUT2D eigenvalue weighted by Crippen LogP contribution is 2.39. The van der Waals surface area contributed by atoms with Gasteiger partial charge in [0.15, 0.2) is 23.1 Å². The summed E-state index contributed by atoms with van der Waals surface area (Å²) in [7, 11) is 2.73. The van der Waals surface area contributed by atoms with Crippen molar-refractivity contribution in [3.05, 3.63) is 17.4 Å². The summed E-state index contributed by atoms with van der Waals surface area (Å²) in [5, 5.41) is 9.41. The van der Waals surface area contributed by atoms with Gasteiger partial charge in [-0.25, -0.2) is 10.3 Å². The number of hydrogen-bond donors (Lipinski definition) is 2. The van der Waals surface area contributed by atoms with Gasteiger partial charge in [-0.2, -0.15) is 0 Å². The molecule has 0 fully saturated rings. The third kappa shape index (κ3) is 2.11. The van der Waals surface area contributed by atoms with Crippen LogP contribution < -0.4 is 15.4 Å². The Morgan fingerprint density at radius 3 is 2.53 bits per heavy atom. The Balaban J connectivity index is 3.35. The summed E-state index contributed by atoms with van der Waals surface area (Å²) in [6.45, 7) is -0.177. The van der Waals surface area contributed by atoms with Gasteiger partial charge in [0.05, 0.1) is 19.8 Å². The second-order valence-electron chi connectivity index (χ2n) is 2.73. The number of phenols is 1. The molecule has 84 valence electrons. The standard InChI is InChI=1S/C9H12FNO4/c1-13-7-3-6(10)8(12)5(4-15-11)9(7)14-2/h3,12H,4,11H2,1-2H3. The van der Waals surface area contributed by atoms with Crippen molar-refractivity contribution in [2.45, 2.75) is 6.61 Å². The van der Waals surface area contributed by atoms with E-state index in [0.717, 1.165) is 6.07 Å². The maximum absolute atomic E-state index is 13.2. The second-order valence-corrected chi connectivity index (χ2v) is 2.73. The molecule has 0 aromatic heterocycles. The number of nitrogens with two attached hydrogens (primary N) is 1. The number of methoxy groups -OCH3 is 2. The van der Waals surface area contributed by atoms with Gasteiger partial charge in [-0.3, -0.25) is 4.84 Å². The topological polar surface area (TPSA) is 73.9 Å². The first-order valence-electron chi connectivity index (χ1n) is 4.09. The molecular formula is C9H12FNO4. The maximum atomic E-state index is 13.2. The minimum atomic E-state index is -0.820. The molecule has 5 nitrogen and oxygen atoms in total. The van der Waals surface area contributed by atoms with E-state index in [0.29, 0.717) is 0 Å². The predicted octanol–water partition coefficient (Wildman–Crippen LogP) is 0.939. The molecule has 15 heavy (non-hydrogen) atoms. The average Bonchev–Trinajstić information content (AvgIpc) is 2.24. The van der Waals surface area contributed by atoms with Gasteiger partial charge in [0.25, 0.3) is 0 Å². The van der Waals surface area contributed by atoms with Crippen molar-refractivity contribution in [2.75, 3.05) is 14.2 Å². The first-order valence-corrected chi connectivity index (χ1v) is 4.09. The van der Waals surface area contributed by atoms with E-state index in [2.05, 4.69) is 4.84 Å². The lowest BCUT2D eigenvalue weighted by Crippen LogP contribution is -2.04. The number of halogens is 1. The van der Waals surface area contributed by atoms with Crippen LogP contribution in [0.15, 0.2) is 6.07 Å². The van der Waals surface area contributed by atoms with Crippen LogP contribution in [-0.4, -0.2) is 19.3 Å². The monoisotopic (exact) mass is 217 g/mol. The molecule has 0 aliphatic carbocycles. The number of hydrogen-bond acceptors (Lipinski definition) is 5. The van der Waals surface area contributed by atoms with Crippen molar-refractivity contribution in [2.24, 2.45) is 5.90 Å². The zero-order valence-electron chi connectivity index (χ0n) is 8.41. The van der Waals surface area contributed by atoms with Crippen molar-refractivity contribution in [1.29, 1.82) is 0 Å². The lowest BCUT2D eigenvalue weighted by Gasteiger charge is -2.13. The number of rotatable bonds is 4. The predicted molar refractivity (Wildman–Crippen MR) is 50.1 cm³/mol.